The number of hydrogen-bond donors (Lipinski definition) is 0. The molecule has 4 rings (SSSR count). The molecule has 2 aromatic carbocycles. The largest absolute Gasteiger partial charge is 0.461 e. The van der Waals surface area contributed by atoms with E-state index in [1.807, 2.05) is 30.3 Å². The molecule has 4 aromatic rings. The second kappa shape index (κ2) is 4.43. The number of aromatic nitrogens is 3. The number of benzene rings is 2. The van der Waals surface area contributed by atoms with Crippen molar-refractivity contribution in [2.75, 3.05) is 0 Å². The van der Waals surface area contributed by atoms with Crippen molar-refractivity contribution in [2.24, 2.45) is 0 Å². The second-order valence-corrected chi connectivity index (χ2v) is 4.99. The molecule has 0 saturated carbocycles. The second-order valence-electron chi connectivity index (χ2n) is 4.55. The van der Waals surface area contributed by atoms with Crippen molar-refractivity contribution in [3.63, 3.8) is 0 Å². The van der Waals surface area contributed by atoms with Gasteiger partial charge >= 0.3 is 5.76 Å². The van der Waals surface area contributed by atoms with Crippen LogP contribution in [-0.4, -0.2) is 14.5 Å². The predicted molar refractivity (Wildman–Crippen MR) is 79.5 cm³/mol. The molecule has 0 aliphatic heterocycles. The maximum absolute atomic E-state index is 11.5. The maximum Gasteiger partial charge on any atom is 0.461 e. The quantitative estimate of drug-likeness (QED) is 0.541. The van der Waals surface area contributed by atoms with E-state index in [0.29, 0.717) is 16.2 Å². The van der Waals surface area contributed by atoms with Crippen LogP contribution in [-0.2, 0) is 0 Å². The number of nitrogens with zero attached hydrogens (tertiary/aromatic N) is 3. The van der Waals surface area contributed by atoms with Crippen LogP contribution in [0.1, 0.15) is 0 Å². The monoisotopic (exact) mass is 297 g/mol. The molecule has 0 unspecified atom stereocenters. The van der Waals surface area contributed by atoms with Gasteiger partial charge in [-0.05, 0) is 18.2 Å². The summed E-state index contributed by atoms with van der Waals surface area (Å²) in [5, 5.41) is 1.38. The van der Waals surface area contributed by atoms with Crippen LogP contribution in [0.15, 0.2) is 57.8 Å². The smallest absolute Gasteiger partial charge is 0.312 e. The standard InChI is InChI=1S/C15H8ClN3O2/c16-10-6-7-12-11(8-10)13(9-4-2-1-3-5-9)19-14(17-12)18-15(20)21-19/h1-8H. The van der Waals surface area contributed by atoms with Crippen molar-refractivity contribution in [3.05, 3.63) is 64.1 Å². The minimum atomic E-state index is -0.680. The molecule has 0 atom stereocenters. The molecule has 0 spiro atoms. The van der Waals surface area contributed by atoms with Gasteiger partial charge < -0.3 is 4.52 Å². The van der Waals surface area contributed by atoms with Crippen molar-refractivity contribution in [3.8, 4) is 11.3 Å². The molecule has 0 aliphatic carbocycles. The number of fused-ring (bicyclic) bond motifs is 2. The summed E-state index contributed by atoms with van der Waals surface area (Å²) in [6.07, 6.45) is 0. The Bertz CT molecular complexity index is 1020. The zero-order chi connectivity index (χ0) is 14.4. The summed E-state index contributed by atoms with van der Waals surface area (Å²) in [6.45, 7) is 0. The highest BCUT2D eigenvalue weighted by molar-refractivity contribution is 6.31. The normalized spacial score (nSPS) is 11.3. The van der Waals surface area contributed by atoms with Gasteiger partial charge in [-0.1, -0.05) is 41.9 Å². The Hall–Kier alpha value is -2.66. The van der Waals surface area contributed by atoms with E-state index in [-0.39, 0.29) is 5.78 Å². The van der Waals surface area contributed by atoms with E-state index in [2.05, 4.69) is 9.97 Å². The van der Waals surface area contributed by atoms with E-state index in [0.717, 1.165) is 10.9 Å². The lowest BCUT2D eigenvalue weighted by Gasteiger charge is -2.08. The Morgan fingerprint density at radius 3 is 2.67 bits per heavy atom. The van der Waals surface area contributed by atoms with Gasteiger partial charge in [0.2, 0.25) is 0 Å². The number of rotatable bonds is 1. The number of halogens is 1. The lowest BCUT2D eigenvalue weighted by molar-refractivity contribution is 0.348. The summed E-state index contributed by atoms with van der Waals surface area (Å²) in [5.41, 5.74) is 2.29. The van der Waals surface area contributed by atoms with E-state index < -0.39 is 5.76 Å². The molecule has 5 nitrogen and oxygen atoms in total. The van der Waals surface area contributed by atoms with Gasteiger partial charge in [-0.2, -0.15) is 0 Å². The molecule has 0 bridgehead atoms. The van der Waals surface area contributed by atoms with E-state index >= 15 is 0 Å². The van der Waals surface area contributed by atoms with Crippen molar-refractivity contribution < 1.29 is 4.52 Å². The third kappa shape index (κ3) is 1.90. The first kappa shape index (κ1) is 12.1. The Morgan fingerprint density at radius 2 is 1.86 bits per heavy atom. The molecule has 0 N–H and O–H groups in total. The summed E-state index contributed by atoms with van der Waals surface area (Å²) in [4.78, 5) is 19.5. The third-order valence-electron chi connectivity index (χ3n) is 3.23. The van der Waals surface area contributed by atoms with Crippen LogP contribution in [0.2, 0.25) is 5.02 Å². The van der Waals surface area contributed by atoms with Crippen LogP contribution in [0.3, 0.4) is 0 Å². The van der Waals surface area contributed by atoms with E-state index in [4.69, 9.17) is 16.1 Å². The fourth-order valence-electron chi connectivity index (χ4n) is 2.36. The summed E-state index contributed by atoms with van der Waals surface area (Å²) in [7, 11) is 0. The first-order valence-corrected chi connectivity index (χ1v) is 6.65. The third-order valence-corrected chi connectivity index (χ3v) is 3.46. The fraction of sp³-hybridized carbons (Fsp3) is 0. The molecule has 2 heterocycles. The highest BCUT2D eigenvalue weighted by atomic mass is 35.5. The van der Waals surface area contributed by atoms with Gasteiger partial charge in [-0.25, -0.2) is 9.78 Å². The molecular weight excluding hydrogens is 290 g/mol. The van der Waals surface area contributed by atoms with Gasteiger partial charge in [0.05, 0.1) is 5.52 Å². The summed E-state index contributed by atoms with van der Waals surface area (Å²) in [6, 6.07) is 14.9. The van der Waals surface area contributed by atoms with Crippen molar-refractivity contribution in [1.29, 1.82) is 0 Å². The van der Waals surface area contributed by atoms with Crippen LogP contribution in [0.5, 0.6) is 0 Å². The van der Waals surface area contributed by atoms with Crippen LogP contribution < -0.4 is 5.76 Å². The molecule has 0 fully saturated rings. The van der Waals surface area contributed by atoms with Crippen LogP contribution in [0.4, 0.5) is 0 Å². The molecule has 21 heavy (non-hydrogen) atoms. The van der Waals surface area contributed by atoms with Gasteiger partial charge in [0.1, 0.15) is 5.69 Å². The Kier molecular flexibility index (Phi) is 2.55. The number of hydrogen-bond acceptors (Lipinski definition) is 4. The molecule has 102 valence electrons. The average Bonchev–Trinajstić information content (AvgIpc) is 2.85. The van der Waals surface area contributed by atoms with Crippen molar-refractivity contribution in [1.82, 2.24) is 14.5 Å². The van der Waals surface area contributed by atoms with Crippen LogP contribution in [0.25, 0.3) is 27.9 Å². The molecule has 0 radical (unpaired) electrons. The highest BCUT2D eigenvalue weighted by Gasteiger charge is 2.15. The molecule has 2 aromatic heterocycles. The zero-order valence-electron chi connectivity index (χ0n) is 10.7. The lowest BCUT2D eigenvalue weighted by Crippen LogP contribution is -1.96. The minimum absolute atomic E-state index is 0.230. The first-order valence-electron chi connectivity index (χ1n) is 6.27. The zero-order valence-corrected chi connectivity index (χ0v) is 11.4. The van der Waals surface area contributed by atoms with Crippen LogP contribution in [0, 0.1) is 0 Å². The van der Waals surface area contributed by atoms with E-state index in [1.54, 1.807) is 18.2 Å². The van der Waals surface area contributed by atoms with Gasteiger partial charge in [-0.3, -0.25) is 0 Å². The first-order chi connectivity index (χ1) is 10.2. The van der Waals surface area contributed by atoms with Gasteiger partial charge in [0.15, 0.2) is 0 Å². The van der Waals surface area contributed by atoms with Crippen molar-refractivity contribution >= 4 is 28.3 Å². The maximum atomic E-state index is 11.5. The summed E-state index contributed by atoms with van der Waals surface area (Å²) >= 11 is 6.09. The molecule has 0 aliphatic rings. The summed E-state index contributed by atoms with van der Waals surface area (Å²) in [5.74, 6) is -0.449. The van der Waals surface area contributed by atoms with Crippen molar-refractivity contribution in [2.45, 2.75) is 0 Å². The fourth-order valence-corrected chi connectivity index (χ4v) is 2.54. The van der Waals surface area contributed by atoms with Gasteiger partial charge in [0, 0.05) is 16.0 Å². The summed E-state index contributed by atoms with van der Waals surface area (Å²) < 4.78 is 6.49. The highest BCUT2D eigenvalue weighted by Crippen LogP contribution is 2.29. The van der Waals surface area contributed by atoms with E-state index in [9.17, 15) is 4.79 Å². The van der Waals surface area contributed by atoms with Gasteiger partial charge in [-0.15, -0.1) is 9.56 Å². The molecule has 6 heteroatoms. The van der Waals surface area contributed by atoms with E-state index in [1.165, 1.54) is 4.57 Å². The Labute approximate surface area is 123 Å². The predicted octanol–water partition coefficient (Wildman–Crippen LogP) is 3.16. The molecule has 0 saturated heterocycles. The lowest BCUT2D eigenvalue weighted by atomic mass is 10.1. The SMILES string of the molecule is O=c1nc2nc3ccc(Cl)cc3c(-c3ccccc3)n2o1. The average molecular weight is 298 g/mol. The molecule has 0 amide bonds. The van der Waals surface area contributed by atoms with Crippen LogP contribution >= 0.6 is 11.6 Å². The van der Waals surface area contributed by atoms with Gasteiger partial charge in [0.25, 0.3) is 5.78 Å². The Balaban J connectivity index is 2.26. The minimum Gasteiger partial charge on any atom is -0.312 e. The topological polar surface area (TPSA) is 60.4 Å². The Morgan fingerprint density at radius 1 is 1.05 bits per heavy atom. The molecular formula is C15H8ClN3O2.